The molecule has 0 N–H and O–H groups in total. The molecule has 3 aromatic carbocycles. The van der Waals surface area contributed by atoms with Gasteiger partial charge in [-0.15, -0.1) is 10.2 Å². The Morgan fingerprint density at radius 2 is 1.04 bits per heavy atom. The summed E-state index contributed by atoms with van der Waals surface area (Å²) in [6.07, 6.45) is 0. The molecule has 0 atom stereocenters. The van der Waals surface area contributed by atoms with Gasteiger partial charge in [-0.2, -0.15) is 0 Å². The number of hydrogen-bond acceptors (Lipinski definition) is 2. The van der Waals surface area contributed by atoms with E-state index in [9.17, 15) is 0 Å². The standard InChI is InChI=1S/C21H15Br2N3/c1-14-2-12-19(13-3-14)26-20(15-4-8-17(22)9-5-15)24-25-21(26)16-6-10-18(23)11-7-16/h2-13H,1H3. The molecule has 128 valence electrons. The lowest BCUT2D eigenvalue weighted by Gasteiger charge is -2.11. The summed E-state index contributed by atoms with van der Waals surface area (Å²) in [5, 5.41) is 9.00. The molecule has 0 amide bonds. The summed E-state index contributed by atoms with van der Waals surface area (Å²) in [6.45, 7) is 2.08. The molecule has 0 aliphatic heterocycles. The first-order chi connectivity index (χ1) is 12.6. The van der Waals surface area contributed by atoms with Crippen molar-refractivity contribution in [3.8, 4) is 28.5 Å². The highest BCUT2D eigenvalue weighted by Gasteiger charge is 2.17. The second-order valence-corrected chi connectivity index (χ2v) is 7.86. The lowest BCUT2D eigenvalue weighted by molar-refractivity contribution is 1.07. The van der Waals surface area contributed by atoms with Crippen LogP contribution in [0.2, 0.25) is 0 Å². The molecule has 0 saturated heterocycles. The van der Waals surface area contributed by atoms with Crippen LogP contribution in [0.3, 0.4) is 0 Å². The zero-order chi connectivity index (χ0) is 18.1. The van der Waals surface area contributed by atoms with Crippen LogP contribution in [0.5, 0.6) is 0 Å². The molecular formula is C21H15Br2N3. The Labute approximate surface area is 169 Å². The van der Waals surface area contributed by atoms with Crippen molar-refractivity contribution in [1.29, 1.82) is 0 Å². The molecule has 1 heterocycles. The van der Waals surface area contributed by atoms with E-state index in [0.29, 0.717) is 0 Å². The average molecular weight is 469 g/mol. The molecular weight excluding hydrogens is 454 g/mol. The molecule has 5 heteroatoms. The Hall–Kier alpha value is -2.24. The van der Waals surface area contributed by atoms with Crippen molar-refractivity contribution in [3.63, 3.8) is 0 Å². The molecule has 0 aliphatic carbocycles. The van der Waals surface area contributed by atoms with E-state index in [1.54, 1.807) is 0 Å². The van der Waals surface area contributed by atoms with Crippen LogP contribution in [-0.2, 0) is 0 Å². The number of benzene rings is 3. The number of aromatic nitrogens is 3. The van der Waals surface area contributed by atoms with Crippen LogP contribution in [0.4, 0.5) is 0 Å². The summed E-state index contributed by atoms with van der Waals surface area (Å²) >= 11 is 6.98. The van der Waals surface area contributed by atoms with Gasteiger partial charge in [0.2, 0.25) is 0 Å². The SMILES string of the molecule is Cc1ccc(-n2c(-c3ccc(Br)cc3)nnc2-c2ccc(Br)cc2)cc1. The molecule has 3 nitrogen and oxygen atoms in total. The van der Waals surface area contributed by atoms with Crippen molar-refractivity contribution in [2.45, 2.75) is 6.92 Å². The van der Waals surface area contributed by atoms with Crippen molar-refractivity contribution in [1.82, 2.24) is 14.8 Å². The molecule has 0 unspecified atom stereocenters. The zero-order valence-electron chi connectivity index (χ0n) is 14.0. The average Bonchev–Trinajstić information content (AvgIpc) is 3.08. The van der Waals surface area contributed by atoms with Gasteiger partial charge in [0.25, 0.3) is 0 Å². The molecule has 0 saturated carbocycles. The molecule has 4 aromatic rings. The second-order valence-electron chi connectivity index (χ2n) is 6.03. The van der Waals surface area contributed by atoms with Gasteiger partial charge in [-0.25, -0.2) is 0 Å². The molecule has 4 rings (SSSR count). The van der Waals surface area contributed by atoms with Gasteiger partial charge >= 0.3 is 0 Å². The van der Waals surface area contributed by atoms with Gasteiger partial charge in [0.05, 0.1) is 0 Å². The summed E-state index contributed by atoms with van der Waals surface area (Å²) in [5.41, 5.74) is 4.29. The van der Waals surface area contributed by atoms with Crippen molar-refractivity contribution in [2.24, 2.45) is 0 Å². The minimum Gasteiger partial charge on any atom is -0.275 e. The van der Waals surface area contributed by atoms with E-state index >= 15 is 0 Å². The first-order valence-electron chi connectivity index (χ1n) is 8.16. The van der Waals surface area contributed by atoms with Gasteiger partial charge in [-0.05, 0) is 43.3 Å². The maximum Gasteiger partial charge on any atom is 0.168 e. The van der Waals surface area contributed by atoms with Crippen molar-refractivity contribution < 1.29 is 0 Å². The highest BCUT2D eigenvalue weighted by molar-refractivity contribution is 9.10. The third-order valence-electron chi connectivity index (χ3n) is 4.16. The van der Waals surface area contributed by atoms with Gasteiger partial charge in [-0.1, -0.05) is 73.8 Å². The normalized spacial score (nSPS) is 10.9. The van der Waals surface area contributed by atoms with Crippen LogP contribution < -0.4 is 0 Å². The highest BCUT2D eigenvalue weighted by Crippen LogP contribution is 2.30. The van der Waals surface area contributed by atoms with E-state index < -0.39 is 0 Å². The van der Waals surface area contributed by atoms with Crippen LogP contribution in [0, 0.1) is 6.92 Å². The van der Waals surface area contributed by atoms with E-state index in [1.165, 1.54) is 5.56 Å². The van der Waals surface area contributed by atoms with Crippen LogP contribution in [0.1, 0.15) is 5.56 Å². The maximum absolute atomic E-state index is 4.50. The van der Waals surface area contributed by atoms with Crippen molar-refractivity contribution >= 4 is 31.9 Å². The molecule has 0 bridgehead atoms. The van der Waals surface area contributed by atoms with Gasteiger partial charge in [0, 0.05) is 25.8 Å². The number of hydrogen-bond donors (Lipinski definition) is 0. The van der Waals surface area contributed by atoms with Crippen LogP contribution in [-0.4, -0.2) is 14.8 Å². The maximum atomic E-state index is 4.50. The molecule has 26 heavy (non-hydrogen) atoms. The predicted molar refractivity (Wildman–Crippen MR) is 112 cm³/mol. The fourth-order valence-electron chi connectivity index (χ4n) is 2.79. The fourth-order valence-corrected chi connectivity index (χ4v) is 3.32. The van der Waals surface area contributed by atoms with Crippen LogP contribution >= 0.6 is 31.9 Å². The van der Waals surface area contributed by atoms with Gasteiger partial charge in [-0.3, -0.25) is 4.57 Å². The van der Waals surface area contributed by atoms with Crippen LogP contribution in [0.15, 0.2) is 81.7 Å². The van der Waals surface area contributed by atoms with Gasteiger partial charge in [0.15, 0.2) is 11.6 Å². The Morgan fingerprint density at radius 1 is 0.615 bits per heavy atom. The third kappa shape index (κ3) is 3.37. The summed E-state index contributed by atoms with van der Waals surface area (Å²) in [5.74, 6) is 1.64. The van der Waals surface area contributed by atoms with Crippen LogP contribution in [0.25, 0.3) is 28.5 Å². The van der Waals surface area contributed by atoms with Crippen molar-refractivity contribution in [3.05, 3.63) is 87.3 Å². The zero-order valence-corrected chi connectivity index (χ0v) is 17.2. The second kappa shape index (κ2) is 7.17. The van der Waals surface area contributed by atoms with E-state index in [0.717, 1.165) is 37.4 Å². The Balaban J connectivity index is 1.93. The fraction of sp³-hybridized carbons (Fsp3) is 0.0476. The minimum atomic E-state index is 0.819. The predicted octanol–water partition coefficient (Wildman–Crippen LogP) is 6.43. The summed E-state index contributed by atoms with van der Waals surface area (Å²) < 4.78 is 4.18. The highest BCUT2D eigenvalue weighted by atomic mass is 79.9. The summed E-state index contributed by atoms with van der Waals surface area (Å²) in [7, 11) is 0. The smallest absolute Gasteiger partial charge is 0.168 e. The number of rotatable bonds is 3. The Kier molecular flexibility index (Phi) is 4.74. The quantitative estimate of drug-likeness (QED) is 0.346. The van der Waals surface area contributed by atoms with Gasteiger partial charge in [0.1, 0.15) is 0 Å². The third-order valence-corrected chi connectivity index (χ3v) is 5.22. The van der Waals surface area contributed by atoms with E-state index in [4.69, 9.17) is 0 Å². The number of aryl methyl sites for hydroxylation is 1. The lowest BCUT2D eigenvalue weighted by atomic mass is 10.1. The van der Waals surface area contributed by atoms with E-state index in [2.05, 4.69) is 77.8 Å². The molecule has 0 aliphatic rings. The summed E-state index contributed by atoms with van der Waals surface area (Å²) in [6, 6.07) is 24.7. The first kappa shape index (κ1) is 17.2. The first-order valence-corrected chi connectivity index (χ1v) is 9.75. The Bertz CT molecular complexity index is 971. The minimum absolute atomic E-state index is 0.819. The van der Waals surface area contributed by atoms with Crippen molar-refractivity contribution in [2.75, 3.05) is 0 Å². The van der Waals surface area contributed by atoms with E-state index in [-0.39, 0.29) is 0 Å². The molecule has 0 radical (unpaired) electrons. The largest absolute Gasteiger partial charge is 0.275 e. The monoisotopic (exact) mass is 467 g/mol. The number of nitrogens with zero attached hydrogens (tertiary/aromatic N) is 3. The summed E-state index contributed by atoms with van der Waals surface area (Å²) in [4.78, 5) is 0. The van der Waals surface area contributed by atoms with Gasteiger partial charge < -0.3 is 0 Å². The Morgan fingerprint density at radius 3 is 1.46 bits per heavy atom. The lowest BCUT2D eigenvalue weighted by Crippen LogP contribution is -2.00. The van der Waals surface area contributed by atoms with E-state index in [1.807, 2.05) is 48.5 Å². The molecule has 1 aromatic heterocycles. The topological polar surface area (TPSA) is 30.7 Å². The molecule has 0 fully saturated rings. The molecule has 0 spiro atoms. The number of halogens is 2.